The molecule has 2 heterocycles. The van der Waals surface area contributed by atoms with E-state index in [0.29, 0.717) is 6.41 Å². The molecule has 1 aromatic rings. The number of carbonyl (C=O) groups excluding carboxylic acids is 2. The minimum atomic E-state index is -0.568. The molecule has 2 aliphatic rings. The smallest absolute Gasteiger partial charge is 0.255 e. The number of allylic oxidation sites excluding steroid dienone is 1. The van der Waals surface area contributed by atoms with Crippen molar-refractivity contribution in [3.63, 3.8) is 0 Å². The molecule has 0 aliphatic carbocycles. The average molecular weight is 270 g/mol. The van der Waals surface area contributed by atoms with Crippen LogP contribution in [0.2, 0.25) is 0 Å². The number of hydrogen-bond acceptors (Lipinski definition) is 2. The highest BCUT2D eigenvalue weighted by atomic mass is 16.2. The summed E-state index contributed by atoms with van der Waals surface area (Å²) >= 11 is 0. The van der Waals surface area contributed by atoms with E-state index in [1.807, 2.05) is 31.7 Å². The summed E-state index contributed by atoms with van der Waals surface area (Å²) in [5.74, 6) is -0.0589. The molecule has 0 aromatic heterocycles. The van der Waals surface area contributed by atoms with Gasteiger partial charge >= 0.3 is 0 Å². The average Bonchev–Trinajstić information content (AvgIpc) is 2.64. The molecule has 4 heteroatoms. The third kappa shape index (κ3) is 1.48. The number of carbonyl (C=O) groups is 2. The summed E-state index contributed by atoms with van der Waals surface area (Å²) < 4.78 is 0. The number of amides is 2. The SMILES string of the molecule is CC1=CC(C)(C)N2C(=O)C(NC=O)c3c(C)ccc1c32. The third-order valence-electron chi connectivity index (χ3n) is 4.22. The fraction of sp³-hybridized carbons (Fsp3) is 0.375. The van der Waals surface area contributed by atoms with Crippen molar-refractivity contribution < 1.29 is 9.59 Å². The summed E-state index contributed by atoms with van der Waals surface area (Å²) in [5, 5.41) is 2.67. The van der Waals surface area contributed by atoms with E-state index in [0.717, 1.165) is 22.4 Å². The van der Waals surface area contributed by atoms with Crippen LogP contribution in [0.3, 0.4) is 0 Å². The summed E-state index contributed by atoms with van der Waals surface area (Å²) in [6, 6.07) is 3.50. The Labute approximate surface area is 118 Å². The van der Waals surface area contributed by atoms with Gasteiger partial charge in [0.05, 0.1) is 11.2 Å². The Bertz CT molecular complexity index is 659. The van der Waals surface area contributed by atoms with Crippen LogP contribution in [0.1, 0.15) is 43.5 Å². The van der Waals surface area contributed by atoms with Crippen molar-refractivity contribution in [1.29, 1.82) is 0 Å². The Balaban J connectivity index is 2.34. The second kappa shape index (κ2) is 3.95. The molecule has 0 fully saturated rings. The van der Waals surface area contributed by atoms with Gasteiger partial charge in [-0.3, -0.25) is 9.59 Å². The van der Waals surface area contributed by atoms with Gasteiger partial charge in [0, 0.05) is 11.1 Å². The lowest BCUT2D eigenvalue weighted by Gasteiger charge is -2.39. The van der Waals surface area contributed by atoms with Crippen LogP contribution in [-0.4, -0.2) is 17.9 Å². The highest BCUT2D eigenvalue weighted by Gasteiger charge is 2.47. The molecule has 0 spiro atoms. The Morgan fingerprint density at radius 2 is 2.00 bits per heavy atom. The normalized spacial score (nSPS) is 22.4. The molecule has 1 N–H and O–H groups in total. The molecule has 0 saturated carbocycles. The van der Waals surface area contributed by atoms with E-state index in [1.165, 1.54) is 5.57 Å². The summed E-state index contributed by atoms with van der Waals surface area (Å²) in [5.41, 5.74) is 4.79. The standard InChI is InChI=1S/C16H18N2O2/c1-9-5-6-11-10(2)7-16(3,4)18-14(11)12(9)13(15(18)20)17-8-19/h5-8,13H,1-4H3,(H,17,19). The van der Waals surface area contributed by atoms with Crippen LogP contribution in [0, 0.1) is 6.92 Å². The predicted molar refractivity (Wildman–Crippen MR) is 78.3 cm³/mol. The van der Waals surface area contributed by atoms with Crippen molar-refractivity contribution >= 4 is 23.6 Å². The van der Waals surface area contributed by atoms with Gasteiger partial charge in [-0.25, -0.2) is 0 Å². The number of benzene rings is 1. The Morgan fingerprint density at radius 3 is 2.65 bits per heavy atom. The molecule has 4 nitrogen and oxygen atoms in total. The minimum Gasteiger partial charge on any atom is -0.343 e. The van der Waals surface area contributed by atoms with Gasteiger partial charge < -0.3 is 10.2 Å². The molecular weight excluding hydrogens is 252 g/mol. The lowest BCUT2D eigenvalue weighted by Crippen LogP contribution is -2.48. The first-order chi connectivity index (χ1) is 9.38. The fourth-order valence-corrected chi connectivity index (χ4v) is 3.46. The predicted octanol–water partition coefficient (Wildman–Crippen LogP) is 2.32. The first kappa shape index (κ1) is 12.9. The number of nitrogens with one attached hydrogen (secondary N) is 1. The number of rotatable bonds is 2. The van der Waals surface area contributed by atoms with Crippen molar-refractivity contribution in [2.75, 3.05) is 4.90 Å². The van der Waals surface area contributed by atoms with Crippen LogP contribution in [-0.2, 0) is 9.59 Å². The number of hydrogen-bond donors (Lipinski definition) is 1. The van der Waals surface area contributed by atoms with Gasteiger partial charge in [0.25, 0.3) is 5.91 Å². The van der Waals surface area contributed by atoms with Crippen molar-refractivity contribution in [1.82, 2.24) is 5.32 Å². The summed E-state index contributed by atoms with van der Waals surface area (Å²) in [6.45, 7) is 8.08. The lowest BCUT2D eigenvalue weighted by atomic mass is 9.88. The zero-order valence-corrected chi connectivity index (χ0v) is 12.2. The summed E-state index contributed by atoms with van der Waals surface area (Å²) in [6.07, 6.45) is 2.71. The largest absolute Gasteiger partial charge is 0.343 e. The zero-order chi connectivity index (χ0) is 14.7. The van der Waals surface area contributed by atoms with Crippen LogP contribution >= 0.6 is 0 Å². The monoisotopic (exact) mass is 270 g/mol. The zero-order valence-electron chi connectivity index (χ0n) is 12.2. The Kier molecular flexibility index (Phi) is 2.55. The van der Waals surface area contributed by atoms with E-state index in [1.54, 1.807) is 0 Å². The van der Waals surface area contributed by atoms with E-state index in [4.69, 9.17) is 0 Å². The summed E-state index contributed by atoms with van der Waals surface area (Å²) in [7, 11) is 0. The van der Waals surface area contributed by atoms with E-state index in [9.17, 15) is 9.59 Å². The molecule has 0 saturated heterocycles. The molecule has 0 bridgehead atoms. The molecule has 0 radical (unpaired) electrons. The van der Waals surface area contributed by atoms with E-state index in [2.05, 4.69) is 24.4 Å². The van der Waals surface area contributed by atoms with Gasteiger partial charge in [-0.05, 0) is 38.8 Å². The van der Waals surface area contributed by atoms with Gasteiger partial charge in [0.15, 0.2) is 0 Å². The van der Waals surface area contributed by atoms with Gasteiger partial charge in [0.1, 0.15) is 6.04 Å². The first-order valence-corrected chi connectivity index (χ1v) is 6.75. The van der Waals surface area contributed by atoms with E-state index in [-0.39, 0.29) is 11.4 Å². The number of nitrogens with zero attached hydrogens (tertiary/aromatic N) is 1. The van der Waals surface area contributed by atoms with Crippen LogP contribution in [0.5, 0.6) is 0 Å². The highest BCUT2D eigenvalue weighted by Crippen LogP contribution is 2.49. The molecule has 1 aromatic carbocycles. The van der Waals surface area contributed by atoms with Crippen LogP contribution < -0.4 is 10.2 Å². The Morgan fingerprint density at radius 1 is 1.30 bits per heavy atom. The molecule has 104 valence electrons. The van der Waals surface area contributed by atoms with Crippen molar-refractivity contribution in [3.05, 3.63) is 34.9 Å². The molecule has 1 atom stereocenters. The molecule has 2 aliphatic heterocycles. The first-order valence-electron chi connectivity index (χ1n) is 6.75. The molecular formula is C16H18N2O2. The van der Waals surface area contributed by atoms with Crippen molar-refractivity contribution in [2.45, 2.75) is 39.3 Å². The maximum atomic E-state index is 12.7. The van der Waals surface area contributed by atoms with Gasteiger partial charge in [-0.2, -0.15) is 0 Å². The molecule has 1 unspecified atom stereocenters. The number of anilines is 1. The van der Waals surface area contributed by atoms with Crippen LogP contribution in [0.4, 0.5) is 5.69 Å². The Hall–Kier alpha value is -2.10. The quantitative estimate of drug-likeness (QED) is 0.838. The maximum absolute atomic E-state index is 12.7. The third-order valence-corrected chi connectivity index (χ3v) is 4.22. The van der Waals surface area contributed by atoms with Crippen molar-refractivity contribution in [3.8, 4) is 0 Å². The molecule has 2 amide bonds. The van der Waals surface area contributed by atoms with E-state index < -0.39 is 6.04 Å². The second-order valence-corrected chi connectivity index (χ2v) is 6.06. The van der Waals surface area contributed by atoms with Gasteiger partial charge in [-0.1, -0.05) is 18.2 Å². The molecule has 3 rings (SSSR count). The van der Waals surface area contributed by atoms with Gasteiger partial charge in [-0.15, -0.1) is 0 Å². The minimum absolute atomic E-state index is 0.0589. The van der Waals surface area contributed by atoms with Crippen LogP contribution in [0.25, 0.3) is 5.57 Å². The van der Waals surface area contributed by atoms with Gasteiger partial charge in [0.2, 0.25) is 6.41 Å². The fourth-order valence-electron chi connectivity index (χ4n) is 3.46. The van der Waals surface area contributed by atoms with Crippen LogP contribution in [0.15, 0.2) is 18.2 Å². The van der Waals surface area contributed by atoms with E-state index >= 15 is 0 Å². The molecule has 20 heavy (non-hydrogen) atoms. The highest BCUT2D eigenvalue weighted by molar-refractivity contribution is 6.11. The lowest BCUT2D eigenvalue weighted by molar-refractivity contribution is -0.123. The maximum Gasteiger partial charge on any atom is 0.255 e. The van der Waals surface area contributed by atoms with Crippen molar-refractivity contribution in [2.24, 2.45) is 0 Å². The summed E-state index contributed by atoms with van der Waals surface area (Å²) in [4.78, 5) is 25.4. The number of aryl methyl sites for hydroxylation is 1. The second-order valence-electron chi connectivity index (χ2n) is 6.06. The topological polar surface area (TPSA) is 49.4 Å².